The number of nitriles is 1. The van der Waals surface area contributed by atoms with Crippen molar-refractivity contribution in [2.24, 2.45) is 0 Å². The summed E-state index contributed by atoms with van der Waals surface area (Å²) in [5.41, 5.74) is 0.719. The number of carbonyl (C=O) groups is 1. The number of nitrogens with zero attached hydrogens (tertiary/aromatic N) is 1. The molecule has 2 aromatic carbocycles. The SMILES string of the molecule is N#CCNC(=O)Nc1ccccc1Sc1ccccc1. The van der Waals surface area contributed by atoms with Crippen LogP contribution in [-0.2, 0) is 0 Å². The second-order valence-electron chi connectivity index (χ2n) is 3.88. The Balaban J connectivity index is 2.10. The fourth-order valence-electron chi connectivity index (χ4n) is 1.56. The molecule has 0 heterocycles. The first-order chi connectivity index (χ1) is 9.79. The van der Waals surface area contributed by atoms with Gasteiger partial charge in [0.1, 0.15) is 6.54 Å². The van der Waals surface area contributed by atoms with Gasteiger partial charge in [-0.25, -0.2) is 4.79 Å². The molecule has 2 amide bonds. The van der Waals surface area contributed by atoms with Crippen LogP contribution in [0.5, 0.6) is 0 Å². The lowest BCUT2D eigenvalue weighted by atomic mass is 10.3. The van der Waals surface area contributed by atoms with Gasteiger partial charge in [0, 0.05) is 9.79 Å². The van der Waals surface area contributed by atoms with Crippen molar-refractivity contribution in [1.29, 1.82) is 5.26 Å². The molecule has 0 radical (unpaired) electrons. The minimum absolute atomic E-state index is 0.0141. The van der Waals surface area contributed by atoms with Crippen LogP contribution in [0, 0.1) is 11.3 Å². The summed E-state index contributed by atoms with van der Waals surface area (Å²) in [7, 11) is 0. The van der Waals surface area contributed by atoms with Crippen LogP contribution in [0.25, 0.3) is 0 Å². The highest BCUT2D eigenvalue weighted by atomic mass is 32.2. The third-order valence-corrected chi connectivity index (χ3v) is 3.52. The first kappa shape index (κ1) is 14.0. The van der Waals surface area contributed by atoms with Gasteiger partial charge in [-0.1, -0.05) is 42.1 Å². The number of para-hydroxylation sites is 1. The van der Waals surface area contributed by atoms with Crippen LogP contribution in [0.1, 0.15) is 0 Å². The maximum Gasteiger partial charge on any atom is 0.320 e. The van der Waals surface area contributed by atoms with E-state index in [9.17, 15) is 4.79 Å². The van der Waals surface area contributed by atoms with Crippen molar-refractivity contribution in [3.05, 3.63) is 54.6 Å². The lowest BCUT2D eigenvalue weighted by Crippen LogP contribution is -2.29. The van der Waals surface area contributed by atoms with Gasteiger partial charge in [0.2, 0.25) is 0 Å². The van der Waals surface area contributed by atoms with Crippen molar-refractivity contribution >= 4 is 23.5 Å². The molecule has 0 atom stereocenters. The fraction of sp³-hybridized carbons (Fsp3) is 0.0667. The Kier molecular flexibility index (Phi) is 5.04. The first-order valence-corrected chi connectivity index (χ1v) is 6.85. The Labute approximate surface area is 121 Å². The summed E-state index contributed by atoms with van der Waals surface area (Å²) in [6.45, 7) is -0.0141. The zero-order chi connectivity index (χ0) is 14.2. The highest BCUT2D eigenvalue weighted by Gasteiger charge is 2.07. The summed E-state index contributed by atoms with van der Waals surface area (Å²) in [5, 5.41) is 13.6. The normalized spacial score (nSPS) is 9.55. The van der Waals surface area contributed by atoms with Gasteiger partial charge in [0.25, 0.3) is 0 Å². The molecule has 0 bridgehead atoms. The maximum atomic E-state index is 11.6. The van der Waals surface area contributed by atoms with E-state index in [-0.39, 0.29) is 12.6 Å². The van der Waals surface area contributed by atoms with Crippen molar-refractivity contribution in [2.45, 2.75) is 9.79 Å². The van der Waals surface area contributed by atoms with Gasteiger partial charge in [-0.15, -0.1) is 0 Å². The molecule has 4 nitrogen and oxygen atoms in total. The molecule has 100 valence electrons. The Morgan fingerprint density at radius 2 is 1.80 bits per heavy atom. The van der Waals surface area contributed by atoms with Crippen LogP contribution >= 0.6 is 11.8 Å². The van der Waals surface area contributed by atoms with Gasteiger partial charge in [-0.3, -0.25) is 0 Å². The summed E-state index contributed by atoms with van der Waals surface area (Å²) < 4.78 is 0. The standard InChI is InChI=1S/C15H13N3OS/c16-10-11-17-15(19)18-13-8-4-5-9-14(13)20-12-6-2-1-3-7-12/h1-9H,11H2,(H2,17,18,19). The third-order valence-electron chi connectivity index (χ3n) is 2.43. The van der Waals surface area contributed by atoms with Crippen LogP contribution < -0.4 is 10.6 Å². The average Bonchev–Trinajstić information content (AvgIpc) is 2.48. The summed E-state index contributed by atoms with van der Waals surface area (Å²) in [6.07, 6.45) is 0. The van der Waals surface area contributed by atoms with Crippen molar-refractivity contribution in [2.75, 3.05) is 11.9 Å². The predicted octanol–water partition coefficient (Wildman–Crippen LogP) is 3.48. The lowest BCUT2D eigenvalue weighted by Gasteiger charge is -2.10. The van der Waals surface area contributed by atoms with Crippen molar-refractivity contribution in [3.63, 3.8) is 0 Å². The number of hydrogen-bond donors (Lipinski definition) is 2. The van der Waals surface area contributed by atoms with Gasteiger partial charge < -0.3 is 10.6 Å². The molecule has 0 aromatic heterocycles. The second kappa shape index (κ2) is 7.22. The molecule has 0 unspecified atom stereocenters. The minimum Gasteiger partial charge on any atom is -0.325 e. The van der Waals surface area contributed by atoms with E-state index in [1.54, 1.807) is 11.8 Å². The number of amides is 2. The third kappa shape index (κ3) is 4.04. The van der Waals surface area contributed by atoms with Gasteiger partial charge in [0.05, 0.1) is 11.8 Å². The largest absolute Gasteiger partial charge is 0.325 e. The predicted molar refractivity (Wildman–Crippen MR) is 79.6 cm³/mol. The van der Waals surface area contributed by atoms with Crippen molar-refractivity contribution in [1.82, 2.24) is 5.32 Å². The first-order valence-electron chi connectivity index (χ1n) is 6.03. The molecule has 2 aromatic rings. The highest BCUT2D eigenvalue weighted by molar-refractivity contribution is 7.99. The summed E-state index contributed by atoms with van der Waals surface area (Å²) in [6, 6.07) is 19.0. The molecule has 0 aliphatic carbocycles. The molecule has 5 heteroatoms. The molecule has 0 spiro atoms. The van der Waals surface area contributed by atoms with Gasteiger partial charge in [-0.2, -0.15) is 5.26 Å². The number of hydrogen-bond acceptors (Lipinski definition) is 3. The van der Waals surface area contributed by atoms with Crippen LogP contribution in [0.2, 0.25) is 0 Å². The zero-order valence-corrected chi connectivity index (χ0v) is 11.5. The number of urea groups is 1. The van der Waals surface area contributed by atoms with E-state index in [4.69, 9.17) is 5.26 Å². The molecule has 0 fully saturated rings. The van der Waals surface area contributed by atoms with E-state index in [1.165, 1.54) is 0 Å². The molecule has 2 rings (SSSR count). The van der Waals surface area contributed by atoms with Gasteiger partial charge in [-0.05, 0) is 24.3 Å². The molecule has 0 aliphatic heterocycles. The number of rotatable bonds is 4. The quantitative estimate of drug-likeness (QED) is 0.844. The molecule has 0 saturated heterocycles. The van der Waals surface area contributed by atoms with Crippen molar-refractivity contribution < 1.29 is 4.79 Å². The second-order valence-corrected chi connectivity index (χ2v) is 4.99. The van der Waals surface area contributed by atoms with E-state index < -0.39 is 0 Å². The lowest BCUT2D eigenvalue weighted by molar-refractivity contribution is 0.253. The van der Waals surface area contributed by atoms with Crippen LogP contribution in [0.15, 0.2) is 64.4 Å². The molecular weight excluding hydrogens is 270 g/mol. The molecule has 2 N–H and O–H groups in total. The minimum atomic E-state index is -0.382. The Hall–Kier alpha value is -2.45. The number of anilines is 1. The van der Waals surface area contributed by atoms with Crippen molar-refractivity contribution in [3.8, 4) is 6.07 Å². The fourth-order valence-corrected chi connectivity index (χ4v) is 2.48. The number of nitrogens with one attached hydrogen (secondary N) is 2. The smallest absolute Gasteiger partial charge is 0.320 e. The Morgan fingerprint density at radius 3 is 2.55 bits per heavy atom. The average molecular weight is 283 g/mol. The summed E-state index contributed by atoms with van der Waals surface area (Å²) in [4.78, 5) is 13.6. The van der Waals surface area contributed by atoms with Gasteiger partial charge >= 0.3 is 6.03 Å². The monoisotopic (exact) mass is 283 g/mol. The summed E-state index contributed by atoms with van der Waals surface area (Å²) >= 11 is 1.57. The highest BCUT2D eigenvalue weighted by Crippen LogP contribution is 2.32. The van der Waals surface area contributed by atoms with Crippen LogP contribution in [0.4, 0.5) is 10.5 Å². The van der Waals surface area contributed by atoms with E-state index in [0.717, 1.165) is 15.5 Å². The zero-order valence-electron chi connectivity index (χ0n) is 10.7. The molecule has 20 heavy (non-hydrogen) atoms. The van der Waals surface area contributed by atoms with E-state index in [2.05, 4.69) is 10.6 Å². The molecule has 0 aliphatic rings. The van der Waals surface area contributed by atoms with E-state index >= 15 is 0 Å². The number of benzene rings is 2. The van der Waals surface area contributed by atoms with Crippen LogP contribution in [-0.4, -0.2) is 12.6 Å². The topological polar surface area (TPSA) is 64.9 Å². The van der Waals surface area contributed by atoms with Crippen LogP contribution in [0.3, 0.4) is 0 Å². The molecule has 0 saturated carbocycles. The Bertz CT molecular complexity index is 623. The van der Waals surface area contributed by atoms with E-state index in [0.29, 0.717) is 0 Å². The van der Waals surface area contributed by atoms with E-state index in [1.807, 2.05) is 60.7 Å². The number of carbonyl (C=O) groups excluding carboxylic acids is 1. The summed E-state index contributed by atoms with van der Waals surface area (Å²) in [5.74, 6) is 0. The maximum absolute atomic E-state index is 11.6. The van der Waals surface area contributed by atoms with Gasteiger partial charge in [0.15, 0.2) is 0 Å². The molecular formula is C15H13N3OS. The Morgan fingerprint density at radius 1 is 1.10 bits per heavy atom.